The van der Waals surface area contributed by atoms with Gasteiger partial charge in [0.1, 0.15) is 5.52 Å². The van der Waals surface area contributed by atoms with Crippen molar-refractivity contribution in [2.75, 3.05) is 26.3 Å². The van der Waals surface area contributed by atoms with Gasteiger partial charge in [0, 0.05) is 25.7 Å². The summed E-state index contributed by atoms with van der Waals surface area (Å²) in [6, 6.07) is 20.2. The van der Waals surface area contributed by atoms with Crippen molar-refractivity contribution in [2.24, 2.45) is 0 Å². The molecule has 1 aliphatic heterocycles. The molecule has 1 fully saturated rings. The minimum absolute atomic E-state index is 0.387. The highest BCUT2D eigenvalue weighted by Crippen LogP contribution is 2.39. The van der Waals surface area contributed by atoms with Crippen LogP contribution in [0.4, 0.5) is 17.1 Å². The summed E-state index contributed by atoms with van der Waals surface area (Å²) in [5, 5.41) is 48.8. The minimum Gasteiger partial charge on any atom is -0.497 e. The van der Waals surface area contributed by atoms with E-state index >= 15 is 0 Å². The van der Waals surface area contributed by atoms with Crippen LogP contribution in [0.1, 0.15) is 18.0 Å². The number of aromatic hydroxyl groups is 1. The standard InChI is InChI=1S/C19H22N4O.C6H3N3O7/c1-2-6-16(7-3-1)18(22-12-14-24-15-13-22)10-11-23-19-9-5-4-8-17(19)20-21-23;10-6-4(8(13)14)1-3(7(11)12)2-5(6)9(15)16/h1-9,18H,10-15H2;1-2,10H. The van der Waals surface area contributed by atoms with E-state index in [4.69, 9.17) is 9.84 Å². The first-order valence-electron chi connectivity index (χ1n) is 12.2. The number of aryl methyl sites for hydroxylation is 1. The number of nitrogens with zero attached hydrogens (tertiary/aromatic N) is 7. The van der Waals surface area contributed by atoms with Gasteiger partial charge in [0.15, 0.2) is 0 Å². The van der Waals surface area contributed by atoms with Crippen molar-refractivity contribution in [3.05, 3.63) is 103 Å². The van der Waals surface area contributed by atoms with Gasteiger partial charge in [-0.2, -0.15) is 0 Å². The zero-order valence-electron chi connectivity index (χ0n) is 21.1. The SMILES string of the molecule is O=[N+]([O-])c1cc([N+](=O)[O-])c(O)c([N+](=O)[O-])c1.c1ccc(C(CCn2nnc3ccccc32)N2CCOCC2)cc1. The first-order chi connectivity index (χ1) is 19.3. The molecule has 5 rings (SSSR count). The van der Waals surface area contributed by atoms with Crippen molar-refractivity contribution in [1.82, 2.24) is 19.9 Å². The number of hydrogen-bond acceptors (Lipinski definition) is 11. The molecule has 1 unspecified atom stereocenters. The Hall–Kier alpha value is -5.02. The number of phenolic OH excluding ortho intramolecular Hbond substituents is 1. The number of aromatic nitrogens is 3. The molecule has 1 aliphatic rings. The third kappa shape index (κ3) is 6.51. The molecule has 3 aromatic carbocycles. The molecular weight excluding hydrogens is 526 g/mol. The van der Waals surface area contributed by atoms with E-state index in [2.05, 4.69) is 51.6 Å². The number of nitro benzene ring substituents is 3. The van der Waals surface area contributed by atoms with E-state index < -0.39 is 37.6 Å². The Morgan fingerprint density at radius 2 is 1.48 bits per heavy atom. The Morgan fingerprint density at radius 1 is 0.875 bits per heavy atom. The average molecular weight is 552 g/mol. The summed E-state index contributed by atoms with van der Waals surface area (Å²) in [5.41, 5.74) is 0.424. The summed E-state index contributed by atoms with van der Waals surface area (Å²) in [5.74, 6) is -1.21. The van der Waals surface area contributed by atoms with E-state index in [1.54, 1.807) is 0 Å². The van der Waals surface area contributed by atoms with Gasteiger partial charge in [-0.05, 0) is 24.1 Å². The van der Waals surface area contributed by atoms with Crippen molar-refractivity contribution < 1.29 is 24.6 Å². The lowest BCUT2D eigenvalue weighted by Gasteiger charge is -2.34. The molecule has 0 spiro atoms. The molecule has 40 heavy (non-hydrogen) atoms. The fourth-order valence-corrected chi connectivity index (χ4v) is 4.42. The monoisotopic (exact) mass is 551 g/mol. The number of ether oxygens (including phenoxy) is 1. The molecule has 0 amide bonds. The molecule has 2 heterocycles. The van der Waals surface area contributed by atoms with Crippen molar-refractivity contribution in [3.63, 3.8) is 0 Å². The maximum Gasteiger partial charge on any atom is 0.324 e. The number of nitro groups is 3. The minimum atomic E-state index is -1.21. The number of para-hydroxylation sites is 1. The highest BCUT2D eigenvalue weighted by molar-refractivity contribution is 5.73. The zero-order chi connectivity index (χ0) is 28.6. The first kappa shape index (κ1) is 28.0. The molecule has 0 radical (unpaired) electrons. The predicted molar refractivity (Wildman–Crippen MR) is 142 cm³/mol. The highest BCUT2D eigenvalue weighted by atomic mass is 16.6. The lowest BCUT2D eigenvalue weighted by Crippen LogP contribution is -2.39. The predicted octanol–water partition coefficient (Wildman–Crippen LogP) is 4.01. The van der Waals surface area contributed by atoms with Gasteiger partial charge in [0.25, 0.3) is 11.4 Å². The van der Waals surface area contributed by atoms with E-state index in [1.807, 2.05) is 22.9 Å². The summed E-state index contributed by atoms with van der Waals surface area (Å²) in [6.45, 7) is 4.46. The van der Waals surface area contributed by atoms with E-state index in [1.165, 1.54) is 5.56 Å². The van der Waals surface area contributed by atoms with Crippen molar-refractivity contribution in [3.8, 4) is 5.75 Å². The second-order valence-corrected chi connectivity index (χ2v) is 8.77. The van der Waals surface area contributed by atoms with Crippen LogP contribution in [-0.4, -0.2) is 66.1 Å². The number of non-ortho nitro benzene ring substituents is 1. The molecule has 0 bridgehead atoms. The van der Waals surface area contributed by atoms with Crippen LogP contribution in [-0.2, 0) is 11.3 Å². The van der Waals surface area contributed by atoms with Gasteiger partial charge < -0.3 is 9.84 Å². The number of hydrogen-bond donors (Lipinski definition) is 1. The van der Waals surface area contributed by atoms with Crippen molar-refractivity contribution in [2.45, 2.75) is 19.0 Å². The van der Waals surface area contributed by atoms with Gasteiger partial charge >= 0.3 is 11.4 Å². The Balaban J connectivity index is 0.000000202. The van der Waals surface area contributed by atoms with Gasteiger partial charge in [-0.25, -0.2) is 4.68 Å². The summed E-state index contributed by atoms with van der Waals surface area (Å²) in [7, 11) is 0. The van der Waals surface area contributed by atoms with Crippen LogP contribution < -0.4 is 0 Å². The van der Waals surface area contributed by atoms with E-state index in [9.17, 15) is 30.3 Å². The third-order valence-corrected chi connectivity index (χ3v) is 6.36. The lowest BCUT2D eigenvalue weighted by atomic mass is 10.0. The number of benzene rings is 3. The molecule has 15 heteroatoms. The maximum absolute atomic E-state index is 10.4. The number of phenols is 1. The topological polar surface area (TPSA) is 193 Å². The molecule has 4 aromatic rings. The van der Waals surface area contributed by atoms with Gasteiger partial charge in [0.05, 0.1) is 45.6 Å². The maximum atomic E-state index is 10.4. The molecule has 1 aromatic heterocycles. The fraction of sp³-hybridized carbons (Fsp3) is 0.280. The summed E-state index contributed by atoms with van der Waals surface area (Å²) < 4.78 is 7.54. The van der Waals surface area contributed by atoms with Crippen molar-refractivity contribution in [1.29, 1.82) is 0 Å². The molecular formula is C25H25N7O8. The Labute approximate surface area is 226 Å². The van der Waals surface area contributed by atoms with Gasteiger partial charge in [-0.3, -0.25) is 35.2 Å². The van der Waals surface area contributed by atoms with E-state index in [0.717, 1.165) is 50.3 Å². The second-order valence-electron chi connectivity index (χ2n) is 8.77. The van der Waals surface area contributed by atoms with Gasteiger partial charge in [-0.1, -0.05) is 47.7 Å². The van der Waals surface area contributed by atoms with Crippen LogP contribution >= 0.6 is 0 Å². The zero-order valence-corrected chi connectivity index (χ0v) is 21.1. The first-order valence-corrected chi connectivity index (χ1v) is 12.2. The van der Waals surface area contributed by atoms with Crippen LogP contribution in [0.15, 0.2) is 66.7 Å². The second kappa shape index (κ2) is 12.7. The van der Waals surface area contributed by atoms with E-state index in [-0.39, 0.29) is 0 Å². The lowest BCUT2D eigenvalue weighted by molar-refractivity contribution is -0.404. The van der Waals surface area contributed by atoms with Crippen LogP contribution in [0.5, 0.6) is 5.75 Å². The number of rotatable bonds is 8. The quantitative estimate of drug-likeness (QED) is 0.245. The summed E-state index contributed by atoms with van der Waals surface area (Å²) in [4.78, 5) is 30.3. The summed E-state index contributed by atoms with van der Waals surface area (Å²) in [6.07, 6.45) is 1.01. The van der Waals surface area contributed by atoms with E-state index in [0.29, 0.717) is 18.2 Å². The Morgan fingerprint density at radius 3 is 2.08 bits per heavy atom. The van der Waals surface area contributed by atoms with Crippen LogP contribution in [0.2, 0.25) is 0 Å². The Bertz CT molecular complexity index is 1470. The molecule has 1 atom stereocenters. The average Bonchev–Trinajstić information content (AvgIpc) is 3.37. The molecule has 0 aliphatic carbocycles. The smallest absolute Gasteiger partial charge is 0.324 e. The molecule has 208 valence electrons. The molecule has 0 saturated carbocycles. The number of fused-ring (bicyclic) bond motifs is 1. The largest absolute Gasteiger partial charge is 0.497 e. The molecule has 1 saturated heterocycles. The Kier molecular flexibility index (Phi) is 8.88. The van der Waals surface area contributed by atoms with Gasteiger partial charge in [0.2, 0.25) is 0 Å². The highest BCUT2D eigenvalue weighted by Gasteiger charge is 2.30. The summed E-state index contributed by atoms with van der Waals surface area (Å²) >= 11 is 0. The van der Waals surface area contributed by atoms with Crippen LogP contribution in [0, 0.1) is 30.3 Å². The van der Waals surface area contributed by atoms with Crippen LogP contribution in [0.25, 0.3) is 11.0 Å². The number of morpholine rings is 1. The fourth-order valence-electron chi connectivity index (χ4n) is 4.42. The van der Waals surface area contributed by atoms with Crippen molar-refractivity contribution >= 4 is 28.1 Å². The third-order valence-electron chi connectivity index (χ3n) is 6.36. The molecule has 15 nitrogen and oxygen atoms in total. The molecule has 1 N–H and O–H groups in total. The van der Waals surface area contributed by atoms with Crippen LogP contribution in [0.3, 0.4) is 0 Å². The van der Waals surface area contributed by atoms with Gasteiger partial charge in [-0.15, -0.1) is 5.10 Å². The normalized spacial score (nSPS) is 14.2.